The lowest BCUT2D eigenvalue weighted by Gasteiger charge is -2.51. The standard InChI is InChI=1S/C30H41N3O3/c1-31(2)30(25-9-6-10-27(19-25)36-4)17-15-29(16-18-30)22-32(20-24-11-13-26(35-3)14-12-24)28(34)33(29)21-23-7-5-8-23/h6,9-14,19,23H,5,7-8,15-18,20-22H2,1-4H3/t29-,30-. The summed E-state index contributed by atoms with van der Waals surface area (Å²) in [6, 6.07) is 16.9. The predicted octanol–water partition coefficient (Wildman–Crippen LogP) is 5.51. The lowest BCUT2D eigenvalue weighted by Crippen LogP contribution is -2.56. The van der Waals surface area contributed by atoms with Crippen LogP contribution in [0.1, 0.15) is 56.1 Å². The highest BCUT2D eigenvalue weighted by Crippen LogP contribution is 2.50. The van der Waals surface area contributed by atoms with Gasteiger partial charge in [0.2, 0.25) is 0 Å². The first-order valence-corrected chi connectivity index (χ1v) is 13.4. The molecule has 36 heavy (non-hydrogen) atoms. The highest BCUT2D eigenvalue weighted by Gasteiger charge is 2.54. The van der Waals surface area contributed by atoms with Gasteiger partial charge in [0.05, 0.1) is 19.8 Å². The molecule has 2 saturated carbocycles. The second kappa shape index (κ2) is 9.97. The minimum absolute atomic E-state index is 0.0472. The van der Waals surface area contributed by atoms with Crippen molar-refractivity contribution >= 4 is 6.03 Å². The van der Waals surface area contributed by atoms with Gasteiger partial charge in [0.1, 0.15) is 11.5 Å². The Morgan fingerprint density at radius 1 is 0.944 bits per heavy atom. The number of amides is 2. The molecule has 6 heteroatoms. The first kappa shape index (κ1) is 24.9. The van der Waals surface area contributed by atoms with Crippen LogP contribution in [-0.2, 0) is 12.1 Å². The number of benzene rings is 2. The molecular weight excluding hydrogens is 450 g/mol. The average molecular weight is 492 g/mol. The Kier molecular flexibility index (Phi) is 6.90. The van der Waals surface area contributed by atoms with Crippen LogP contribution in [0.2, 0.25) is 0 Å². The van der Waals surface area contributed by atoms with E-state index in [1.54, 1.807) is 14.2 Å². The molecule has 0 radical (unpaired) electrons. The van der Waals surface area contributed by atoms with Gasteiger partial charge in [-0.25, -0.2) is 4.79 Å². The summed E-state index contributed by atoms with van der Waals surface area (Å²) in [5.41, 5.74) is 2.33. The van der Waals surface area contributed by atoms with Crippen LogP contribution in [-0.4, -0.2) is 67.7 Å². The highest BCUT2D eigenvalue weighted by molar-refractivity contribution is 5.78. The van der Waals surface area contributed by atoms with Crippen LogP contribution in [0.4, 0.5) is 4.79 Å². The van der Waals surface area contributed by atoms with E-state index < -0.39 is 0 Å². The molecule has 2 amide bonds. The van der Waals surface area contributed by atoms with Crippen LogP contribution in [0.3, 0.4) is 0 Å². The second-order valence-corrected chi connectivity index (χ2v) is 11.3. The smallest absolute Gasteiger partial charge is 0.320 e. The molecule has 2 aromatic carbocycles. The van der Waals surface area contributed by atoms with Crippen molar-refractivity contribution in [2.75, 3.05) is 41.4 Å². The van der Waals surface area contributed by atoms with Crippen LogP contribution in [0.15, 0.2) is 48.5 Å². The summed E-state index contributed by atoms with van der Waals surface area (Å²) in [6.07, 6.45) is 7.89. The molecule has 2 aliphatic carbocycles. The molecule has 5 rings (SSSR count). The van der Waals surface area contributed by atoms with Crippen molar-refractivity contribution in [1.82, 2.24) is 14.7 Å². The predicted molar refractivity (Wildman–Crippen MR) is 142 cm³/mol. The number of nitrogens with zero attached hydrogens (tertiary/aromatic N) is 3. The van der Waals surface area contributed by atoms with Crippen LogP contribution in [0, 0.1) is 5.92 Å². The van der Waals surface area contributed by atoms with Gasteiger partial charge in [-0.05, 0) is 93.9 Å². The normalized spacial score (nSPS) is 26.5. The molecule has 0 unspecified atom stereocenters. The average Bonchev–Trinajstić information content (AvgIpc) is 3.12. The molecule has 0 atom stereocenters. The molecule has 194 valence electrons. The van der Waals surface area contributed by atoms with Crippen molar-refractivity contribution in [3.05, 3.63) is 59.7 Å². The molecular formula is C30H41N3O3. The fourth-order valence-electron chi connectivity index (χ4n) is 6.63. The van der Waals surface area contributed by atoms with Crippen molar-refractivity contribution < 1.29 is 14.3 Å². The zero-order valence-electron chi connectivity index (χ0n) is 22.3. The topological polar surface area (TPSA) is 45.3 Å². The zero-order valence-corrected chi connectivity index (χ0v) is 22.3. The monoisotopic (exact) mass is 491 g/mol. The number of ether oxygens (including phenoxy) is 2. The van der Waals surface area contributed by atoms with Gasteiger partial charge in [-0.3, -0.25) is 4.90 Å². The van der Waals surface area contributed by atoms with Crippen molar-refractivity contribution in [3.8, 4) is 11.5 Å². The summed E-state index contributed by atoms with van der Waals surface area (Å²) in [5.74, 6) is 2.41. The van der Waals surface area contributed by atoms with E-state index in [-0.39, 0.29) is 17.1 Å². The summed E-state index contributed by atoms with van der Waals surface area (Å²) in [4.78, 5) is 20.6. The Labute approximate surface area is 216 Å². The van der Waals surface area contributed by atoms with Gasteiger partial charge in [0, 0.05) is 25.2 Å². The molecule has 1 aliphatic heterocycles. The molecule has 3 aliphatic rings. The Morgan fingerprint density at radius 3 is 2.22 bits per heavy atom. The zero-order chi connectivity index (χ0) is 25.3. The van der Waals surface area contributed by atoms with Gasteiger partial charge in [-0.15, -0.1) is 0 Å². The Bertz CT molecular complexity index is 1060. The molecule has 1 spiro atoms. The number of urea groups is 1. The Balaban J connectivity index is 1.39. The molecule has 1 heterocycles. The molecule has 1 saturated heterocycles. The van der Waals surface area contributed by atoms with E-state index in [1.165, 1.54) is 24.8 Å². The van der Waals surface area contributed by atoms with Gasteiger partial charge in [-0.2, -0.15) is 0 Å². The van der Waals surface area contributed by atoms with Crippen LogP contribution < -0.4 is 9.47 Å². The summed E-state index contributed by atoms with van der Waals surface area (Å²) in [5, 5.41) is 0. The SMILES string of the molecule is COc1ccc(CN2C[C@]3(CC[C@@](c4cccc(OC)c4)(N(C)C)CC3)N(CC3CCC3)C2=O)cc1. The van der Waals surface area contributed by atoms with E-state index in [1.807, 2.05) is 18.2 Å². The van der Waals surface area contributed by atoms with E-state index >= 15 is 0 Å². The summed E-state index contributed by atoms with van der Waals surface area (Å²) >= 11 is 0. The van der Waals surface area contributed by atoms with Gasteiger partial charge >= 0.3 is 6.03 Å². The number of rotatable bonds is 8. The molecule has 0 bridgehead atoms. The third-order valence-electron chi connectivity index (χ3n) is 9.23. The fraction of sp³-hybridized carbons (Fsp3) is 0.567. The van der Waals surface area contributed by atoms with Crippen molar-refractivity contribution in [1.29, 1.82) is 0 Å². The molecule has 0 aromatic heterocycles. The van der Waals surface area contributed by atoms with E-state index in [9.17, 15) is 4.79 Å². The number of carbonyl (C=O) groups excluding carboxylic acids is 1. The molecule has 3 fully saturated rings. The first-order valence-electron chi connectivity index (χ1n) is 13.4. The van der Waals surface area contributed by atoms with Gasteiger partial charge in [-0.1, -0.05) is 30.7 Å². The van der Waals surface area contributed by atoms with Gasteiger partial charge < -0.3 is 19.3 Å². The number of carbonyl (C=O) groups is 1. The largest absolute Gasteiger partial charge is 0.497 e. The summed E-state index contributed by atoms with van der Waals surface area (Å²) in [7, 11) is 7.80. The number of hydrogen-bond donors (Lipinski definition) is 0. The Morgan fingerprint density at radius 2 is 1.64 bits per heavy atom. The lowest BCUT2D eigenvalue weighted by atomic mass is 9.68. The van der Waals surface area contributed by atoms with E-state index in [0.29, 0.717) is 12.5 Å². The lowest BCUT2D eigenvalue weighted by molar-refractivity contribution is 0.0158. The third kappa shape index (κ3) is 4.45. The molecule has 6 nitrogen and oxygen atoms in total. The van der Waals surface area contributed by atoms with Gasteiger partial charge in [0.15, 0.2) is 0 Å². The van der Waals surface area contributed by atoms with Crippen molar-refractivity contribution in [3.63, 3.8) is 0 Å². The first-order chi connectivity index (χ1) is 17.4. The Hall–Kier alpha value is -2.73. The quantitative estimate of drug-likeness (QED) is 0.488. The number of methoxy groups -OCH3 is 2. The highest BCUT2D eigenvalue weighted by atomic mass is 16.5. The van der Waals surface area contributed by atoms with Crippen molar-refractivity contribution in [2.45, 2.75) is 62.6 Å². The minimum Gasteiger partial charge on any atom is -0.497 e. The van der Waals surface area contributed by atoms with Crippen LogP contribution in [0.25, 0.3) is 0 Å². The summed E-state index contributed by atoms with van der Waals surface area (Å²) < 4.78 is 10.9. The maximum atomic E-state index is 13.8. The summed E-state index contributed by atoms with van der Waals surface area (Å²) in [6.45, 7) is 2.37. The van der Waals surface area contributed by atoms with E-state index in [0.717, 1.165) is 55.8 Å². The third-order valence-corrected chi connectivity index (χ3v) is 9.23. The van der Waals surface area contributed by atoms with Gasteiger partial charge in [0.25, 0.3) is 0 Å². The number of hydrogen-bond acceptors (Lipinski definition) is 4. The maximum Gasteiger partial charge on any atom is 0.320 e. The van der Waals surface area contributed by atoms with E-state index in [4.69, 9.17) is 9.47 Å². The second-order valence-electron chi connectivity index (χ2n) is 11.3. The fourth-order valence-corrected chi connectivity index (χ4v) is 6.63. The molecule has 2 aromatic rings. The van der Waals surface area contributed by atoms with Crippen LogP contribution in [0.5, 0.6) is 11.5 Å². The van der Waals surface area contributed by atoms with Crippen molar-refractivity contribution in [2.24, 2.45) is 5.92 Å². The maximum absolute atomic E-state index is 13.8. The minimum atomic E-state index is -0.0858. The van der Waals surface area contributed by atoms with E-state index in [2.05, 4.69) is 59.1 Å². The van der Waals surface area contributed by atoms with Crippen LogP contribution >= 0.6 is 0 Å². The molecule has 0 N–H and O–H groups in total.